The lowest BCUT2D eigenvalue weighted by Gasteiger charge is -2.18. The second-order valence-electron chi connectivity index (χ2n) is 3.75. The van der Waals surface area contributed by atoms with Crippen molar-refractivity contribution in [3.05, 3.63) is 12.4 Å². The molecule has 0 saturated carbocycles. The Balaban J connectivity index is 2.93. The summed E-state index contributed by atoms with van der Waals surface area (Å²) in [4.78, 5) is 6.20. The Morgan fingerprint density at radius 3 is 2.46 bits per heavy atom. The first-order valence-electron chi connectivity index (χ1n) is 3.85. The Hall–Kier alpha value is -0.880. The largest absolute Gasteiger partial charge is 0.334 e. The molecule has 0 aliphatic rings. The lowest BCUT2D eigenvalue weighted by molar-refractivity contribution is 0.488. The minimum Gasteiger partial charge on any atom is -0.334 e. The monoisotopic (exact) mass is 203 g/mol. The predicted octanol–water partition coefficient (Wildman–Crippen LogP) is 0.486. The summed E-state index contributed by atoms with van der Waals surface area (Å²) in [6.07, 6.45) is 2.87. The molecule has 2 N–H and O–H groups in total. The number of hydrogen-bond donors (Lipinski definition) is 2. The summed E-state index contributed by atoms with van der Waals surface area (Å²) in [5.74, 6) is 0. The van der Waals surface area contributed by atoms with E-state index in [2.05, 4.69) is 14.7 Å². The molecule has 0 saturated heterocycles. The highest BCUT2D eigenvalue weighted by atomic mass is 32.2. The minimum absolute atomic E-state index is 0.0533. The van der Waals surface area contributed by atoms with Gasteiger partial charge in [0.2, 0.25) is 5.16 Å². The van der Waals surface area contributed by atoms with Gasteiger partial charge in [0.15, 0.2) is 0 Å². The molecule has 0 radical (unpaired) electrons. The van der Waals surface area contributed by atoms with Gasteiger partial charge in [-0.1, -0.05) is 0 Å². The Labute approximate surface area is 77.6 Å². The van der Waals surface area contributed by atoms with Gasteiger partial charge in [-0.25, -0.2) is 18.1 Å². The van der Waals surface area contributed by atoms with Crippen molar-refractivity contribution in [2.45, 2.75) is 31.5 Å². The maximum atomic E-state index is 11.5. The zero-order valence-electron chi connectivity index (χ0n) is 7.83. The second kappa shape index (κ2) is 3.12. The van der Waals surface area contributed by atoms with Gasteiger partial charge in [0.05, 0.1) is 0 Å². The molecule has 0 aliphatic carbocycles. The normalized spacial score (nSPS) is 13.2. The SMILES string of the molecule is CC(C)(C)NS(=O)(=O)c1ncc[nH]1. The summed E-state index contributed by atoms with van der Waals surface area (Å²) >= 11 is 0. The molecule has 0 atom stereocenters. The molecule has 0 aliphatic heterocycles. The number of imidazole rings is 1. The van der Waals surface area contributed by atoms with Gasteiger partial charge in [-0.15, -0.1) is 0 Å². The molecule has 0 amide bonds. The van der Waals surface area contributed by atoms with Gasteiger partial charge in [0.25, 0.3) is 10.0 Å². The first kappa shape index (κ1) is 10.2. The van der Waals surface area contributed by atoms with Crippen LogP contribution in [0.4, 0.5) is 0 Å². The molecule has 0 unspecified atom stereocenters. The van der Waals surface area contributed by atoms with Gasteiger partial charge >= 0.3 is 0 Å². The minimum atomic E-state index is -3.49. The molecule has 13 heavy (non-hydrogen) atoms. The Morgan fingerprint density at radius 2 is 2.08 bits per heavy atom. The highest BCUT2D eigenvalue weighted by molar-refractivity contribution is 7.89. The lowest BCUT2D eigenvalue weighted by Crippen LogP contribution is -2.40. The standard InChI is InChI=1S/C7H13N3O2S/c1-7(2,3)10-13(11,12)6-8-4-5-9-6/h4-5,10H,1-3H3,(H,8,9). The van der Waals surface area contributed by atoms with Crippen LogP contribution in [0.5, 0.6) is 0 Å². The van der Waals surface area contributed by atoms with Gasteiger partial charge < -0.3 is 4.98 Å². The molecule has 0 bridgehead atoms. The number of H-pyrrole nitrogens is 1. The second-order valence-corrected chi connectivity index (χ2v) is 5.35. The van der Waals surface area contributed by atoms with E-state index >= 15 is 0 Å². The van der Waals surface area contributed by atoms with Crippen molar-refractivity contribution < 1.29 is 8.42 Å². The molecule has 1 heterocycles. The number of aromatic nitrogens is 2. The van der Waals surface area contributed by atoms with Crippen molar-refractivity contribution in [3.63, 3.8) is 0 Å². The molecule has 0 spiro atoms. The molecular weight excluding hydrogens is 190 g/mol. The molecule has 74 valence electrons. The number of nitrogens with one attached hydrogen (secondary N) is 2. The molecule has 1 aromatic heterocycles. The van der Waals surface area contributed by atoms with E-state index in [-0.39, 0.29) is 5.16 Å². The first-order valence-corrected chi connectivity index (χ1v) is 5.33. The van der Waals surface area contributed by atoms with Crippen molar-refractivity contribution in [2.24, 2.45) is 0 Å². The summed E-state index contributed by atoms with van der Waals surface area (Å²) in [5.41, 5.74) is -0.494. The third kappa shape index (κ3) is 2.82. The van der Waals surface area contributed by atoms with Crippen molar-refractivity contribution in [3.8, 4) is 0 Å². The van der Waals surface area contributed by atoms with Crippen LogP contribution < -0.4 is 4.72 Å². The highest BCUT2D eigenvalue weighted by Crippen LogP contribution is 2.07. The Bertz CT molecular complexity index is 361. The molecule has 0 aromatic carbocycles. The van der Waals surface area contributed by atoms with Crippen molar-refractivity contribution in [1.29, 1.82) is 0 Å². The van der Waals surface area contributed by atoms with Crippen LogP contribution in [0, 0.1) is 0 Å². The van der Waals surface area contributed by atoms with Gasteiger partial charge in [-0.05, 0) is 20.8 Å². The zero-order chi connectivity index (χ0) is 10.1. The van der Waals surface area contributed by atoms with Gasteiger partial charge in [0.1, 0.15) is 0 Å². The summed E-state index contributed by atoms with van der Waals surface area (Å²) in [6, 6.07) is 0. The van der Waals surface area contributed by atoms with Crippen molar-refractivity contribution in [2.75, 3.05) is 0 Å². The van der Waals surface area contributed by atoms with Gasteiger partial charge in [-0.2, -0.15) is 0 Å². The van der Waals surface area contributed by atoms with E-state index in [9.17, 15) is 8.42 Å². The molecule has 6 heteroatoms. The molecular formula is C7H13N3O2S. The van der Waals surface area contributed by atoms with E-state index in [1.807, 2.05) is 0 Å². The van der Waals surface area contributed by atoms with Gasteiger partial charge in [0, 0.05) is 17.9 Å². The van der Waals surface area contributed by atoms with E-state index in [1.54, 1.807) is 20.8 Å². The van der Waals surface area contributed by atoms with E-state index in [4.69, 9.17) is 0 Å². The highest BCUT2D eigenvalue weighted by Gasteiger charge is 2.23. The van der Waals surface area contributed by atoms with Crippen LogP contribution in [0.2, 0.25) is 0 Å². The number of hydrogen-bond acceptors (Lipinski definition) is 3. The molecule has 1 rings (SSSR count). The van der Waals surface area contributed by atoms with Crippen LogP contribution in [0.15, 0.2) is 17.6 Å². The average molecular weight is 203 g/mol. The van der Waals surface area contributed by atoms with Crippen LogP contribution in [0.25, 0.3) is 0 Å². The van der Waals surface area contributed by atoms with Crippen LogP contribution in [0.1, 0.15) is 20.8 Å². The van der Waals surface area contributed by atoms with Crippen LogP contribution in [0.3, 0.4) is 0 Å². The maximum Gasteiger partial charge on any atom is 0.274 e. The number of aromatic amines is 1. The Morgan fingerprint density at radius 1 is 1.46 bits per heavy atom. The molecule has 1 aromatic rings. The number of sulfonamides is 1. The third-order valence-electron chi connectivity index (χ3n) is 1.17. The number of nitrogens with zero attached hydrogens (tertiary/aromatic N) is 1. The Kier molecular flexibility index (Phi) is 2.44. The predicted molar refractivity (Wildman–Crippen MR) is 48.7 cm³/mol. The third-order valence-corrected chi connectivity index (χ3v) is 2.78. The van der Waals surface area contributed by atoms with Crippen LogP contribution >= 0.6 is 0 Å². The van der Waals surface area contributed by atoms with Gasteiger partial charge in [-0.3, -0.25) is 0 Å². The maximum absolute atomic E-state index is 11.5. The lowest BCUT2D eigenvalue weighted by atomic mass is 10.1. The summed E-state index contributed by atoms with van der Waals surface area (Å²) in [5, 5.41) is -0.0533. The fraction of sp³-hybridized carbons (Fsp3) is 0.571. The van der Waals surface area contributed by atoms with Crippen molar-refractivity contribution >= 4 is 10.0 Å². The fourth-order valence-corrected chi connectivity index (χ4v) is 2.17. The first-order chi connectivity index (χ1) is 5.81. The summed E-state index contributed by atoms with van der Waals surface area (Å²) < 4.78 is 25.5. The smallest absolute Gasteiger partial charge is 0.274 e. The average Bonchev–Trinajstić information content (AvgIpc) is 2.29. The van der Waals surface area contributed by atoms with Crippen LogP contribution in [-0.4, -0.2) is 23.9 Å². The van der Waals surface area contributed by atoms with Crippen LogP contribution in [-0.2, 0) is 10.0 Å². The number of rotatable bonds is 2. The molecule has 5 nitrogen and oxygen atoms in total. The van der Waals surface area contributed by atoms with E-state index in [0.29, 0.717) is 0 Å². The van der Waals surface area contributed by atoms with Crippen molar-refractivity contribution in [1.82, 2.24) is 14.7 Å². The topological polar surface area (TPSA) is 74.8 Å². The molecule has 0 fully saturated rings. The van der Waals surface area contributed by atoms with E-state index < -0.39 is 15.6 Å². The zero-order valence-corrected chi connectivity index (χ0v) is 8.64. The van der Waals surface area contributed by atoms with E-state index in [0.717, 1.165) is 0 Å². The quantitative estimate of drug-likeness (QED) is 0.734. The fourth-order valence-electron chi connectivity index (χ4n) is 0.849. The van der Waals surface area contributed by atoms with E-state index in [1.165, 1.54) is 12.4 Å². The summed E-state index contributed by atoms with van der Waals surface area (Å²) in [7, 11) is -3.49. The summed E-state index contributed by atoms with van der Waals surface area (Å²) in [6.45, 7) is 5.31.